The van der Waals surface area contributed by atoms with E-state index in [0.29, 0.717) is 0 Å². The molecule has 0 aliphatic heterocycles. The second kappa shape index (κ2) is 6.23. The van der Waals surface area contributed by atoms with Crippen molar-refractivity contribution in [3.8, 4) is 5.69 Å². The first-order chi connectivity index (χ1) is 11.8. The second-order valence-corrected chi connectivity index (χ2v) is 6.39. The normalized spacial score (nSPS) is 19.4. The van der Waals surface area contributed by atoms with E-state index in [0.717, 1.165) is 25.1 Å². The van der Waals surface area contributed by atoms with Crippen LogP contribution in [-0.2, 0) is 18.5 Å². The maximum atomic E-state index is 10.0. The Bertz CT molecular complexity index is 811. The van der Waals surface area contributed by atoms with Crippen LogP contribution in [0.5, 0.6) is 0 Å². The molecular formula is C20H21N3O. The number of hydrogen-bond donors (Lipinski definition) is 2. The van der Waals surface area contributed by atoms with Gasteiger partial charge in [-0.15, -0.1) is 0 Å². The first-order valence-electron chi connectivity index (χ1n) is 8.32. The fourth-order valence-corrected chi connectivity index (χ4v) is 3.56. The minimum Gasteiger partial charge on any atom is -0.394 e. The topological polar surface area (TPSA) is 50.1 Å². The van der Waals surface area contributed by atoms with E-state index in [4.69, 9.17) is 0 Å². The summed E-state index contributed by atoms with van der Waals surface area (Å²) in [6.07, 6.45) is 7.46. The summed E-state index contributed by atoms with van der Waals surface area (Å²) >= 11 is 0. The summed E-state index contributed by atoms with van der Waals surface area (Å²) in [5.74, 6) is 0. The van der Waals surface area contributed by atoms with Crippen LogP contribution in [0.1, 0.15) is 23.1 Å². The van der Waals surface area contributed by atoms with E-state index in [1.165, 1.54) is 16.7 Å². The summed E-state index contributed by atoms with van der Waals surface area (Å²) in [7, 11) is 0. The van der Waals surface area contributed by atoms with Crippen molar-refractivity contribution in [3.63, 3.8) is 0 Å². The molecule has 1 aliphatic rings. The highest BCUT2D eigenvalue weighted by molar-refractivity contribution is 5.39. The molecule has 0 fully saturated rings. The summed E-state index contributed by atoms with van der Waals surface area (Å²) in [6, 6.07) is 16.8. The van der Waals surface area contributed by atoms with Gasteiger partial charge in [0.05, 0.1) is 18.5 Å². The van der Waals surface area contributed by atoms with Crippen LogP contribution in [0.2, 0.25) is 0 Å². The molecule has 0 saturated heterocycles. The zero-order chi connectivity index (χ0) is 16.4. The van der Waals surface area contributed by atoms with Crippen LogP contribution in [0.15, 0.2) is 67.3 Å². The molecule has 2 N–H and O–H groups in total. The number of nitrogens with zero attached hydrogens (tertiary/aromatic N) is 2. The molecule has 24 heavy (non-hydrogen) atoms. The van der Waals surface area contributed by atoms with Crippen molar-refractivity contribution < 1.29 is 5.11 Å². The lowest BCUT2D eigenvalue weighted by Crippen LogP contribution is -2.43. The van der Waals surface area contributed by atoms with Gasteiger partial charge >= 0.3 is 0 Å². The lowest BCUT2D eigenvalue weighted by Gasteiger charge is -2.30. The monoisotopic (exact) mass is 319 g/mol. The average molecular weight is 319 g/mol. The number of aromatic nitrogens is 2. The number of imidazole rings is 1. The molecule has 3 aromatic rings. The molecule has 0 saturated carbocycles. The highest BCUT2D eigenvalue weighted by Crippen LogP contribution is 2.36. The van der Waals surface area contributed by atoms with Gasteiger partial charge in [-0.25, -0.2) is 4.98 Å². The van der Waals surface area contributed by atoms with E-state index in [9.17, 15) is 5.11 Å². The number of aliphatic hydroxyl groups is 1. The minimum absolute atomic E-state index is 0.122. The van der Waals surface area contributed by atoms with Crippen LogP contribution in [-0.4, -0.2) is 21.3 Å². The average Bonchev–Trinajstić information content (AvgIpc) is 3.29. The summed E-state index contributed by atoms with van der Waals surface area (Å²) in [4.78, 5) is 4.07. The highest BCUT2D eigenvalue weighted by Gasteiger charge is 2.37. The Morgan fingerprint density at radius 2 is 1.96 bits per heavy atom. The van der Waals surface area contributed by atoms with Gasteiger partial charge in [0.1, 0.15) is 0 Å². The number of aryl methyl sites for hydroxylation is 1. The van der Waals surface area contributed by atoms with Crippen LogP contribution in [0.3, 0.4) is 0 Å². The standard InChI is InChI=1S/C20H21N3O/c24-14-20(10-9-17-3-1-2-4-19(17)20)22-13-16-5-7-18(8-6-16)23-12-11-21-15-23/h1-8,11-12,15,22,24H,9-10,13-14H2. The number of benzene rings is 2. The first-order valence-corrected chi connectivity index (χ1v) is 8.32. The SMILES string of the molecule is OCC1(NCc2ccc(-n3ccnc3)cc2)CCc2ccccc21. The fourth-order valence-electron chi connectivity index (χ4n) is 3.56. The lowest BCUT2D eigenvalue weighted by molar-refractivity contribution is 0.159. The Kier molecular flexibility index (Phi) is 3.92. The van der Waals surface area contributed by atoms with Gasteiger partial charge in [-0.05, 0) is 41.7 Å². The Labute approximate surface area is 141 Å². The van der Waals surface area contributed by atoms with Crippen LogP contribution in [0.4, 0.5) is 0 Å². The number of hydrogen-bond acceptors (Lipinski definition) is 3. The highest BCUT2D eigenvalue weighted by atomic mass is 16.3. The minimum atomic E-state index is -0.320. The Balaban J connectivity index is 1.50. The summed E-state index contributed by atoms with van der Waals surface area (Å²) in [5, 5.41) is 13.6. The summed E-state index contributed by atoms with van der Waals surface area (Å²) in [6.45, 7) is 0.857. The Hall–Kier alpha value is -2.43. The van der Waals surface area contributed by atoms with Gasteiger partial charge in [-0.2, -0.15) is 0 Å². The molecule has 4 heteroatoms. The Morgan fingerprint density at radius 1 is 1.12 bits per heavy atom. The molecule has 1 unspecified atom stereocenters. The van der Waals surface area contributed by atoms with Crippen molar-refractivity contribution in [2.45, 2.75) is 24.9 Å². The van der Waals surface area contributed by atoms with Crippen molar-refractivity contribution in [3.05, 3.63) is 83.9 Å². The van der Waals surface area contributed by atoms with E-state index in [1.807, 2.05) is 10.8 Å². The maximum absolute atomic E-state index is 10.0. The van der Waals surface area contributed by atoms with Gasteiger partial charge in [0.25, 0.3) is 0 Å². The first kappa shape index (κ1) is 15.1. The second-order valence-electron chi connectivity index (χ2n) is 6.39. The van der Waals surface area contributed by atoms with E-state index in [1.54, 1.807) is 12.5 Å². The number of rotatable bonds is 5. The van der Waals surface area contributed by atoms with Gasteiger partial charge in [-0.1, -0.05) is 36.4 Å². The predicted octanol–water partition coefficient (Wildman–Crippen LogP) is 2.80. The van der Waals surface area contributed by atoms with Gasteiger partial charge in [0, 0.05) is 24.6 Å². The van der Waals surface area contributed by atoms with Crippen LogP contribution in [0, 0.1) is 0 Å². The molecule has 1 aliphatic carbocycles. The van der Waals surface area contributed by atoms with Gasteiger partial charge in [0.2, 0.25) is 0 Å². The molecule has 0 amide bonds. The summed E-state index contributed by atoms with van der Waals surface area (Å²) < 4.78 is 1.99. The zero-order valence-electron chi connectivity index (χ0n) is 13.5. The molecular weight excluding hydrogens is 298 g/mol. The van der Waals surface area contributed by atoms with E-state index in [-0.39, 0.29) is 12.1 Å². The maximum Gasteiger partial charge on any atom is 0.0991 e. The molecule has 4 nitrogen and oxygen atoms in total. The van der Waals surface area contributed by atoms with Crippen LogP contribution >= 0.6 is 0 Å². The number of nitrogens with one attached hydrogen (secondary N) is 1. The molecule has 1 atom stereocenters. The predicted molar refractivity (Wildman–Crippen MR) is 93.9 cm³/mol. The van der Waals surface area contributed by atoms with Crippen LogP contribution in [0.25, 0.3) is 5.69 Å². The van der Waals surface area contributed by atoms with Crippen molar-refractivity contribution in [2.75, 3.05) is 6.61 Å². The Morgan fingerprint density at radius 3 is 2.71 bits per heavy atom. The number of fused-ring (bicyclic) bond motifs is 1. The van der Waals surface area contributed by atoms with E-state index >= 15 is 0 Å². The van der Waals surface area contributed by atoms with Crippen molar-refractivity contribution >= 4 is 0 Å². The van der Waals surface area contributed by atoms with E-state index in [2.05, 4.69) is 58.8 Å². The quantitative estimate of drug-likeness (QED) is 0.760. The lowest BCUT2D eigenvalue weighted by atomic mass is 9.92. The van der Waals surface area contributed by atoms with Gasteiger partial charge in [-0.3, -0.25) is 0 Å². The third-order valence-corrected chi connectivity index (χ3v) is 4.99. The van der Waals surface area contributed by atoms with Gasteiger partial charge < -0.3 is 15.0 Å². The number of aliphatic hydroxyl groups excluding tert-OH is 1. The van der Waals surface area contributed by atoms with E-state index < -0.39 is 0 Å². The molecule has 0 spiro atoms. The van der Waals surface area contributed by atoms with Crippen molar-refractivity contribution in [1.82, 2.24) is 14.9 Å². The largest absolute Gasteiger partial charge is 0.394 e. The molecule has 0 bridgehead atoms. The molecule has 1 heterocycles. The summed E-state index contributed by atoms with van der Waals surface area (Å²) in [5.41, 5.74) is 4.56. The zero-order valence-corrected chi connectivity index (χ0v) is 13.5. The molecule has 2 aromatic carbocycles. The molecule has 122 valence electrons. The molecule has 0 radical (unpaired) electrons. The van der Waals surface area contributed by atoms with Crippen molar-refractivity contribution in [2.24, 2.45) is 0 Å². The molecule has 1 aromatic heterocycles. The molecule has 4 rings (SSSR count). The smallest absolute Gasteiger partial charge is 0.0991 e. The van der Waals surface area contributed by atoms with Crippen molar-refractivity contribution in [1.29, 1.82) is 0 Å². The third-order valence-electron chi connectivity index (χ3n) is 4.99. The van der Waals surface area contributed by atoms with Gasteiger partial charge in [0.15, 0.2) is 0 Å². The third kappa shape index (κ3) is 2.64. The fraction of sp³-hybridized carbons (Fsp3) is 0.250. The van der Waals surface area contributed by atoms with Crippen LogP contribution < -0.4 is 5.32 Å².